The number of esters is 1. The number of carbonyl (C=O) groups excluding carboxylic acids is 2. The normalized spacial score (nSPS) is 19.4. The zero-order valence-electron chi connectivity index (χ0n) is 11.9. The Morgan fingerprint density at radius 2 is 2.05 bits per heavy atom. The molecule has 1 aromatic rings. The Kier molecular flexibility index (Phi) is 4.26. The molecular formula is C15H17NO5. The van der Waals surface area contributed by atoms with Gasteiger partial charge in [0.1, 0.15) is 0 Å². The number of nitrogens with zero attached hydrogens (tertiary/aromatic N) is 1. The molecule has 6 heteroatoms. The number of rotatable bonds is 4. The van der Waals surface area contributed by atoms with Crippen LogP contribution < -0.4 is 0 Å². The Morgan fingerprint density at radius 3 is 2.62 bits per heavy atom. The number of aliphatic carboxylic acids is 1. The molecule has 2 rings (SSSR count). The molecule has 1 heterocycles. The summed E-state index contributed by atoms with van der Waals surface area (Å²) in [5.41, 5.74) is 1.35. The summed E-state index contributed by atoms with van der Waals surface area (Å²) in [6.45, 7) is 1.86. The van der Waals surface area contributed by atoms with Crippen molar-refractivity contribution >= 4 is 17.8 Å². The van der Waals surface area contributed by atoms with E-state index in [0.29, 0.717) is 5.56 Å². The number of ether oxygens (including phenoxy) is 1. The fourth-order valence-corrected chi connectivity index (χ4v) is 2.63. The van der Waals surface area contributed by atoms with Crippen molar-refractivity contribution in [2.75, 3.05) is 13.7 Å². The Balaban J connectivity index is 2.32. The highest BCUT2D eigenvalue weighted by Gasteiger charge is 2.42. The summed E-state index contributed by atoms with van der Waals surface area (Å²) in [4.78, 5) is 36.5. The summed E-state index contributed by atoms with van der Waals surface area (Å²) in [7, 11) is 1.26. The summed E-state index contributed by atoms with van der Waals surface area (Å²) < 4.78 is 4.64. The van der Waals surface area contributed by atoms with Gasteiger partial charge in [-0.1, -0.05) is 24.3 Å². The lowest BCUT2D eigenvalue weighted by Crippen LogP contribution is -2.36. The van der Waals surface area contributed by atoms with Crippen molar-refractivity contribution in [3.63, 3.8) is 0 Å². The lowest BCUT2D eigenvalue weighted by Gasteiger charge is -2.26. The maximum absolute atomic E-state index is 12.1. The van der Waals surface area contributed by atoms with Crippen molar-refractivity contribution in [3.8, 4) is 0 Å². The van der Waals surface area contributed by atoms with Gasteiger partial charge in [-0.25, -0.2) is 4.79 Å². The molecule has 0 aromatic heterocycles. The minimum atomic E-state index is -1.11. The lowest BCUT2D eigenvalue weighted by molar-refractivity contribution is -0.149. The average Bonchev–Trinajstić information content (AvgIpc) is 2.82. The Bertz CT molecular complexity index is 583. The van der Waals surface area contributed by atoms with E-state index >= 15 is 0 Å². The van der Waals surface area contributed by atoms with Crippen LogP contribution in [0, 0.1) is 12.8 Å². The highest BCUT2D eigenvalue weighted by molar-refractivity contribution is 5.90. The van der Waals surface area contributed by atoms with E-state index < -0.39 is 23.9 Å². The molecule has 0 saturated carbocycles. The fraction of sp³-hybridized carbons (Fsp3) is 0.400. The number of aryl methyl sites for hydroxylation is 1. The first-order valence-corrected chi connectivity index (χ1v) is 6.61. The molecule has 1 N–H and O–H groups in total. The van der Waals surface area contributed by atoms with Crippen LogP contribution in [0.4, 0.5) is 0 Å². The van der Waals surface area contributed by atoms with Crippen LogP contribution in [0.3, 0.4) is 0 Å². The van der Waals surface area contributed by atoms with Crippen molar-refractivity contribution in [1.29, 1.82) is 0 Å². The predicted octanol–water partition coefficient (Wildman–Crippen LogP) is 1.14. The van der Waals surface area contributed by atoms with Gasteiger partial charge in [0, 0.05) is 13.0 Å². The van der Waals surface area contributed by atoms with Gasteiger partial charge in [0.25, 0.3) is 0 Å². The molecule has 2 atom stereocenters. The van der Waals surface area contributed by atoms with Crippen LogP contribution in [0.15, 0.2) is 24.3 Å². The van der Waals surface area contributed by atoms with Crippen molar-refractivity contribution in [1.82, 2.24) is 4.90 Å². The smallest absolute Gasteiger partial charge is 0.331 e. The third-order valence-electron chi connectivity index (χ3n) is 3.72. The Labute approximate surface area is 122 Å². The number of hydrogen-bond acceptors (Lipinski definition) is 4. The van der Waals surface area contributed by atoms with Gasteiger partial charge in [-0.05, 0) is 18.1 Å². The minimum absolute atomic E-state index is 0.0116. The minimum Gasteiger partial charge on any atom is -0.479 e. The van der Waals surface area contributed by atoms with Gasteiger partial charge >= 0.3 is 11.9 Å². The fourth-order valence-electron chi connectivity index (χ4n) is 2.63. The highest BCUT2D eigenvalue weighted by Crippen LogP contribution is 2.31. The third-order valence-corrected chi connectivity index (χ3v) is 3.72. The largest absolute Gasteiger partial charge is 0.479 e. The van der Waals surface area contributed by atoms with Gasteiger partial charge in [0.2, 0.25) is 5.91 Å². The lowest BCUT2D eigenvalue weighted by atomic mass is 10.00. The molecule has 2 unspecified atom stereocenters. The van der Waals surface area contributed by atoms with Crippen LogP contribution in [-0.2, 0) is 19.1 Å². The summed E-state index contributed by atoms with van der Waals surface area (Å²) in [5, 5.41) is 9.50. The second kappa shape index (κ2) is 5.95. The van der Waals surface area contributed by atoms with Crippen molar-refractivity contribution in [2.24, 2.45) is 5.92 Å². The van der Waals surface area contributed by atoms with E-state index in [0.717, 1.165) is 5.56 Å². The molecule has 1 aromatic carbocycles. The zero-order valence-corrected chi connectivity index (χ0v) is 11.9. The predicted molar refractivity (Wildman–Crippen MR) is 73.4 cm³/mol. The van der Waals surface area contributed by atoms with Crippen molar-refractivity contribution < 1.29 is 24.2 Å². The van der Waals surface area contributed by atoms with E-state index in [-0.39, 0.29) is 18.9 Å². The monoisotopic (exact) mass is 291 g/mol. The average molecular weight is 291 g/mol. The second-order valence-corrected chi connectivity index (χ2v) is 5.07. The third kappa shape index (κ3) is 2.89. The maximum Gasteiger partial charge on any atom is 0.331 e. The molecule has 1 aliphatic rings. The molecule has 0 bridgehead atoms. The maximum atomic E-state index is 12.1. The number of carboxylic acid groups (broad SMARTS) is 1. The molecule has 21 heavy (non-hydrogen) atoms. The van der Waals surface area contributed by atoms with E-state index in [4.69, 9.17) is 0 Å². The van der Waals surface area contributed by atoms with Crippen LogP contribution in [-0.4, -0.2) is 41.5 Å². The molecule has 1 saturated heterocycles. The van der Waals surface area contributed by atoms with Gasteiger partial charge in [-0.2, -0.15) is 0 Å². The van der Waals surface area contributed by atoms with Crippen LogP contribution >= 0.6 is 0 Å². The molecule has 0 spiro atoms. The zero-order chi connectivity index (χ0) is 15.6. The first-order chi connectivity index (χ1) is 9.95. The van der Waals surface area contributed by atoms with Gasteiger partial charge < -0.3 is 14.7 Å². The Hall–Kier alpha value is -2.37. The number of hydrogen-bond donors (Lipinski definition) is 1. The quantitative estimate of drug-likeness (QED) is 0.841. The molecule has 1 fully saturated rings. The first-order valence-electron chi connectivity index (χ1n) is 6.61. The van der Waals surface area contributed by atoms with E-state index in [1.54, 1.807) is 31.2 Å². The van der Waals surface area contributed by atoms with E-state index in [2.05, 4.69) is 4.74 Å². The molecule has 6 nitrogen and oxygen atoms in total. The number of benzene rings is 1. The van der Waals surface area contributed by atoms with Crippen LogP contribution in [0.2, 0.25) is 0 Å². The van der Waals surface area contributed by atoms with Gasteiger partial charge in [-0.3, -0.25) is 9.59 Å². The van der Waals surface area contributed by atoms with Gasteiger partial charge in [0.05, 0.1) is 13.0 Å². The van der Waals surface area contributed by atoms with E-state index in [9.17, 15) is 19.5 Å². The first kappa shape index (κ1) is 15.0. The number of likely N-dealkylation sites (tertiary alicyclic amines) is 1. The van der Waals surface area contributed by atoms with Crippen LogP contribution in [0.1, 0.15) is 23.6 Å². The molecule has 1 amide bonds. The van der Waals surface area contributed by atoms with Gasteiger partial charge in [0.15, 0.2) is 6.04 Å². The summed E-state index contributed by atoms with van der Waals surface area (Å²) >= 11 is 0. The van der Waals surface area contributed by atoms with Crippen molar-refractivity contribution in [3.05, 3.63) is 35.4 Å². The molecule has 0 radical (unpaired) electrons. The van der Waals surface area contributed by atoms with E-state index in [1.165, 1.54) is 12.0 Å². The molecule has 112 valence electrons. The van der Waals surface area contributed by atoms with Crippen LogP contribution in [0.25, 0.3) is 0 Å². The number of amides is 1. The molecule has 1 aliphatic heterocycles. The second-order valence-electron chi connectivity index (χ2n) is 5.07. The summed E-state index contributed by atoms with van der Waals surface area (Å²) in [6, 6.07) is 5.95. The topological polar surface area (TPSA) is 83.9 Å². The Morgan fingerprint density at radius 1 is 1.38 bits per heavy atom. The molecule has 0 aliphatic carbocycles. The van der Waals surface area contributed by atoms with Crippen molar-refractivity contribution in [2.45, 2.75) is 19.4 Å². The summed E-state index contributed by atoms with van der Waals surface area (Å²) in [6.07, 6.45) is -0.0116. The van der Waals surface area contributed by atoms with E-state index in [1.807, 2.05) is 0 Å². The number of carboxylic acids is 1. The summed E-state index contributed by atoms with van der Waals surface area (Å²) in [5.74, 6) is -2.54. The number of methoxy groups -OCH3 is 1. The molecular weight excluding hydrogens is 274 g/mol. The van der Waals surface area contributed by atoms with Gasteiger partial charge in [-0.15, -0.1) is 0 Å². The van der Waals surface area contributed by atoms with Crippen LogP contribution in [0.5, 0.6) is 0 Å². The standard InChI is InChI=1S/C15H17NO5/c1-9-5-3-4-6-11(9)13(14(18)19)16-8-10(7-12(16)17)15(20)21-2/h3-6,10,13H,7-8H2,1-2H3,(H,18,19). The number of carbonyl (C=O) groups is 3. The SMILES string of the molecule is COC(=O)C1CC(=O)N(C(C(=O)O)c2ccccc2C)C1. The highest BCUT2D eigenvalue weighted by atomic mass is 16.5.